The number of aromatic carboxylic acids is 1. The first kappa shape index (κ1) is 56.0. The average molecular weight is 1160 g/mol. The number of carbonyl (C=O) groups is 2. The van der Waals surface area contributed by atoms with Crippen LogP contribution in [0.2, 0.25) is 0 Å². The summed E-state index contributed by atoms with van der Waals surface area (Å²) < 4.78 is 20.3. The highest BCUT2D eigenvalue weighted by molar-refractivity contribution is 6.04. The summed E-state index contributed by atoms with van der Waals surface area (Å²) in [5.74, 6) is 11.2. The van der Waals surface area contributed by atoms with Gasteiger partial charge in [0.2, 0.25) is 0 Å². The fraction of sp³-hybridized carbons (Fsp3) is 0.156. The average Bonchev–Trinajstić information content (AvgIpc) is 1.81. The number of rotatable bonds is 9. The summed E-state index contributed by atoms with van der Waals surface area (Å²) in [5, 5.41) is 31.1. The molecule has 2 aliphatic rings. The van der Waals surface area contributed by atoms with Crippen LogP contribution >= 0.6 is 0 Å². The Morgan fingerprint density at radius 1 is 0.609 bits per heavy atom. The van der Waals surface area contributed by atoms with E-state index in [9.17, 15) is 19.2 Å². The topological polar surface area (TPSA) is 303 Å². The lowest BCUT2D eigenvalue weighted by Gasteiger charge is -2.25. The smallest absolute Gasteiger partial charge is 0.343 e. The van der Waals surface area contributed by atoms with Gasteiger partial charge >= 0.3 is 5.97 Å². The van der Waals surface area contributed by atoms with Crippen LogP contribution in [0.1, 0.15) is 92.4 Å². The second-order valence-corrected chi connectivity index (χ2v) is 20.5. The van der Waals surface area contributed by atoms with Crippen molar-refractivity contribution in [3.8, 4) is 35.1 Å². The van der Waals surface area contributed by atoms with E-state index in [0.29, 0.717) is 70.7 Å². The van der Waals surface area contributed by atoms with Gasteiger partial charge in [-0.3, -0.25) is 32.9 Å². The molecule has 0 spiro atoms. The van der Waals surface area contributed by atoms with E-state index in [4.69, 9.17) is 31.8 Å². The van der Waals surface area contributed by atoms with Crippen molar-refractivity contribution in [1.29, 1.82) is 0 Å². The third kappa shape index (κ3) is 11.3. The van der Waals surface area contributed by atoms with Crippen LogP contribution in [-0.2, 0) is 9.47 Å². The Hall–Kier alpha value is -11.5. The minimum absolute atomic E-state index is 0.0220. The Balaban J connectivity index is 0.000000145. The Bertz CT molecular complexity index is 4860. The van der Waals surface area contributed by atoms with E-state index in [2.05, 4.69) is 59.4 Å². The lowest BCUT2D eigenvalue weighted by Crippen LogP contribution is -2.32. The lowest BCUT2D eigenvalue weighted by molar-refractivity contribution is -0.0286. The van der Waals surface area contributed by atoms with E-state index in [0.717, 1.165) is 27.9 Å². The molecule has 14 rings (SSSR count). The number of nitrogen functional groups attached to an aromatic ring is 2. The third-order valence-corrected chi connectivity index (χ3v) is 14.6. The highest BCUT2D eigenvalue weighted by Crippen LogP contribution is 2.27. The van der Waals surface area contributed by atoms with Gasteiger partial charge in [0.1, 0.15) is 11.1 Å². The van der Waals surface area contributed by atoms with Gasteiger partial charge in [0, 0.05) is 77.1 Å². The molecule has 2 atom stereocenters. The standard InChI is InChI=1S/C32H26N8O3.C25H22N4O2.C7H6N4O2/c1-20(36-31(41)28-29(33)37-38-14-6-13-34-30(28)38)26-15-23-8-5-7-22(12-11-21-16-35-39(17-21)25-18-43-19-25)27(23)32(42)40(26)24-9-3-2-4-10-24;1-17(26)23-12-20-7-5-6-19(11-10-18-13-27-28(14-18)22-15-31-16-22)24(20)25(30)29(23)21-8-3-2-4-9-21;8-5-4(7(12)13)6-9-2-1-3-11(6)10-5/h2-10,13-17,20,25H,18-19H2,1H3,(H2,33,37)(H,36,41);2-9,12-14,17,22H,15-16,26H2,1H3;1-3H,(H2,8,10)(H,12,13)/t20-;17-;/m00./s1. The number of carboxylic acids is 1. The van der Waals surface area contributed by atoms with Crippen molar-refractivity contribution in [1.82, 2.24) is 63.2 Å². The summed E-state index contributed by atoms with van der Waals surface area (Å²) in [6.07, 6.45) is 13.6. The van der Waals surface area contributed by atoms with E-state index >= 15 is 0 Å². The first-order valence-electron chi connectivity index (χ1n) is 27.5. The molecule has 0 unspecified atom stereocenters. The number of fused-ring (bicyclic) bond motifs is 4. The van der Waals surface area contributed by atoms with Crippen LogP contribution in [0.5, 0.6) is 0 Å². The molecule has 0 saturated carbocycles. The number of hydrogen-bond acceptors (Lipinski definition) is 15. The van der Waals surface area contributed by atoms with Crippen molar-refractivity contribution in [2.45, 2.75) is 38.0 Å². The van der Waals surface area contributed by atoms with Crippen molar-refractivity contribution in [2.75, 3.05) is 37.9 Å². The Labute approximate surface area is 494 Å². The summed E-state index contributed by atoms with van der Waals surface area (Å²) in [6.45, 7) is 6.34. The SMILES string of the molecule is C[C@H](N)c1cc2cccc(C#Cc3cnn(C4COC4)c3)c2c(=O)n1-c1ccccc1.C[C@H](NC(=O)c1c(N)nn2cccnc12)c1cc2cccc(C#Cc3cnn(C4COC4)c3)c2c(=O)n1-c1ccccc1.Nc1nn2cccnc2c1C(=O)O. The minimum Gasteiger partial charge on any atom is -0.477 e. The van der Waals surface area contributed by atoms with Crippen molar-refractivity contribution in [2.24, 2.45) is 5.73 Å². The van der Waals surface area contributed by atoms with Gasteiger partial charge < -0.3 is 37.1 Å². The fourth-order valence-electron chi connectivity index (χ4n) is 10.1. The van der Waals surface area contributed by atoms with Gasteiger partial charge in [-0.1, -0.05) is 84.3 Å². The maximum atomic E-state index is 14.3. The number of benzene rings is 4. The first-order chi connectivity index (χ1) is 42.3. The van der Waals surface area contributed by atoms with Crippen LogP contribution in [-0.4, -0.2) is 101 Å². The normalized spacial score (nSPS) is 13.6. The van der Waals surface area contributed by atoms with Crippen molar-refractivity contribution in [3.05, 3.63) is 236 Å². The molecule has 432 valence electrons. The van der Waals surface area contributed by atoms with Gasteiger partial charge in [0.15, 0.2) is 22.9 Å². The molecule has 10 heterocycles. The molecule has 2 saturated heterocycles. The zero-order chi connectivity index (χ0) is 60.3. The van der Waals surface area contributed by atoms with Gasteiger partial charge in [-0.15, -0.1) is 10.2 Å². The predicted octanol–water partition coefficient (Wildman–Crippen LogP) is 6.46. The largest absolute Gasteiger partial charge is 0.477 e. The highest BCUT2D eigenvalue weighted by atomic mass is 16.5. The summed E-state index contributed by atoms with van der Waals surface area (Å²) in [5.41, 5.74) is 23.7. The monoisotopic (exact) mass is 1160 g/mol. The maximum absolute atomic E-state index is 14.3. The zero-order valence-electron chi connectivity index (χ0n) is 46.8. The minimum atomic E-state index is -1.12. The molecule has 1 amide bonds. The van der Waals surface area contributed by atoms with E-state index in [1.54, 1.807) is 52.3 Å². The summed E-state index contributed by atoms with van der Waals surface area (Å²) >= 11 is 0. The number of pyridine rings is 2. The van der Waals surface area contributed by atoms with Crippen molar-refractivity contribution in [3.63, 3.8) is 0 Å². The van der Waals surface area contributed by atoms with Crippen LogP contribution in [0.4, 0.5) is 11.6 Å². The quantitative estimate of drug-likeness (QED) is 0.0968. The Kier molecular flexibility index (Phi) is 15.4. The molecule has 0 aliphatic carbocycles. The Morgan fingerprint density at radius 2 is 1.07 bits per heavy atom. The number of nitrogens with two attached hydrogens (primary N) is 3. The number of anilines is 2. The van der Waals surface area contributed by atoms with Gasteiger partial charge in [0.25, 0.3) is 17.0 Å². The Morgan fingerprint density at radius 3 is 1.53 bits per heavy atom. The van der Waals surface area contributed by atoms with Gasteiger partial charge in [0.05, 0.1) is 78.8 Å². The second kappa shape index (κ2) is 24.0. The van der Waals surface area contributed by atoms with Crippen LogP contribution in [0.15, 0.2) is 180 Å². The molecule has 8 aromatic heterocycles. The van der Waals surface area contributed by atoms with E-state index in [1.807, 2.05) is 145 Å². The van der Waals surface area contributed by atoms with Crippen LogP contribution in [0.25, 0.3) is 44.2 Å². The molecule has 23 heteroatoms. The lowest BCUT2D eigenvalue weighted by atomic mass is 10.0. The van der Waals surface area contributed by atoms with Gasteiger partial charge in [-0.2, -0.15) is 10.2 Å². The summed E-state index contributed by atoms with van der Waals surface area (Å²) in [4.78, 5) is 60.2. The molecule has 2 aliphatic heterocycles. The van der Waals surface area contributed by atoms with Gasteiger partial charge in [-0.25, -0.2) is 23.8 Å². The second-order valence-electron chi connectivity index (χ2n) is 20.5. The third-order valence-electron chi connectivity index (χ3n) is 14.6. The van der Waals surface area contributed by atoms with Crippen LogP contribution < -0.4 is 33.6 Å². The predicted molar refractivity (Wildman–Crippen MR) is 325 cm³/mol. The fourth-order valence-corrected chi connectivity index (χ4v) is 10.1. The number of para-hydroxylation sites is 2. The van der Waals surface area contributed by atoms with E-state index < -0.39 is 17.9 Å². The number of amides is 1. The number of nitrogens with zero attached hydrogens (tertiary/aromatic N) is 12. The molecular weight excluding hydrogens is 1100 g/mol. The van der Waals surface area contributed by atoms with Crippen LogP contribution in [0, 0.1) is 23.7 Å². The number of ether oxygens (including phenoxy) is 2. The van der Waals surface area contributed by atoms with Gasteiger partial charge in [-0.05, 0) is 85.3 Å². The molecule has 87 heavy (non-hydrogen) atoms. The molecule has 23 nitrogen and oxygen atoms in total. The molecule has 4 aromatic carbocycles. The summed E-state index contributed by atoms with van der Waals surface area (Å²) in [6, 6.07) is 37.0. The highest BCUT2D eigenvalue weighted by Gasteiger charge is 2.26. The maximum Gasteiger partial charge on any atom is 0.343 e. The number of aromatic nitrogens is 12. The molecular formula is C64H54N16O7. The van der Waals surface area contributed by atoms with Crippen molar-refractivity contribution < 1.29 is 24.2 Å². The zero-order valence-corrected chi connectivity index (χ0v) is 46.8. The molecule has 8 N–H and O–H groups in total. The molecule has 0 bridgehead atoms. The van der Waals surface area contributed by atoms with Crippen molar-refractivity contribution >= 4 is 56.4 Å². The van der Waals surface area contributed by atoms with E-state index in [-0.39, 0.29) is 57.7 Å². The molecule has 12 aromatic rings. The number of nitrogens with one attached hydrogen (secondary N) is 1. The van der Waals surface area contributed by atoms with Crippen LogP contribution in [0.3, 0.4) is 0 Å². The first-order valence-corrected chi connectivity index (χ1v) is 27.5. The summed E-state index contributed by atoms with van der Waals surface area (Å²) in [7, 11) is 0. The number of hydrogen-bond donors (Lipinski definition) is 5. The van der Waals surface area contributed by atoms with E-state index in [1.165, 1.54) is 15.2 Å². The molecule has 0 radical (unpaired) electrons. The number of carboxylic acid groups (broad SMARTS) is 1. The molecule has 2 fully saturated rings. The number of carbonyl (C=O) groups excluding carboxylic acids is 1.